The number of hydrogen-bond donors (Lipinski definition) is 2. The fraction of sp³-hybridized carbons (Fsp3) is 1.00. The first kappa shape index (κ1) is 7.87. The van der Waals surface area contributed by atoms with Gasteiger partial charge in [0, 0.05) is 0 Å². The molecule has 50 valence electrons. The molecule has 0 aromatic heterocycles. The van der Waals surface area contributed by atoms with Crippen molar-refractivity contribution in [3.05, 3.63) is 0 Å². The maximum absolute atomic E-state index is 9.88. The quantitative estimate of drug-likeness (QED) is 0.514. The van der Waals surface area contributed by atoms with E-state index in [0.717, 1.165) is 0 Å². The Balaban J connectivity index is 3.42. The van der Waals surface area contributed by atoms with E-state index >= 15 is 0 Å². The lowest BCUT2D eigenvalue weighted by Crippen LogP contribution is -2.21. The highest BCUT2D eigenvalue weighted by molar-refractivity contribution is 7.85. The molecule has 0 aromatic rings. The van der Waals surface area contributed by atoms with Crippen LogP contribution in [0.5, 0.6) is 0 Å². The summed E-state index contributed by atoms with van der Waals surface area (Å²) in [6.45, 7) is 2.30. The molecule has 0 amide bonds. The zero-order chi connectivity index (χ0) is 6.62. The average molecular weight is 139 g/mol. The molecule has 0 saturated heterocycles. The second kappa shape index (κ2) is 3.01. The van der Waals surface area contributed by atoms with E-state index in [-0.39, 0.29) is 5.88 Å². The minimum atomic E-state index is -3.80. The summed E-state index contributed by atoms with van der Waals surface area (Å²) in [4.78, 5) is 0. The van der Waals surface area contributed by atoms with Crippen molar-refractivity contribution in [3.8, 4) is 0 Å². The Labute approximate surface area is 48.6 Å². The summed E-state index contributed by atoms with van der Waals surface area (Å²) >= 11 is 0. The smallest absolute Gasteiger partial charge is 0.278 e. The molecular formula is C3H9NO3S. The van der Waals surface area contributed by atoms with Crippen LogP contribution in [0.15, 0.2) is 0 Å². The van der Waals surface area contributed by atoms with E-state index in [2.05, 4.69) is 5.32 Å². The summed E-state index contributed by atoms with van der Waals surface area (Å²) in [7, 11) is -3.80. The van der Waals surface area contributed by atoms with Crippen molar-refractivity contribution in [2.24, 2.45) is 0 Å². The van der Waals surface area contributed by atoms with Crippen LogP contribution >= 0.6 is 0 Å². The lowest BCUT2D eigenvalue weighted by molar-refractivity contribution is 0.477. The van der Waals surface area contributed by atoms with Gasteiger partial charge in [-0.3, -0.25) is 4.55 Å². The summed E-state index contributed by atoms with van der Waals surface area (Å²) in [5, 5.41) is 2.45. The van der Waals surface area contributed by atoms with Crippen LogP contribution in [0.4, 0.5) is 0 Å². The maximum Gasteiger partial charge on any atom is 0.278 e. The third-order valence-corrected chi connectivity index (χ3v) is 1.10. The summed E-state index contributed by atoms with van der Waals surface area (Å²) in [5.41, 5.74) is 0. The molecule has 0 aliphatic carbocycles. The Kier molecular flexibility index (Phi) is 2.96. The van der Waals surface area contributed by atoms with Crippen LogP contribution in [0.25, 0.3) is 0 Å². The van der Waals surface area contributed by atoms with Gasteiger partial charge in [-0.25, -0.2) is 0 Å². The van der Waals surface area contributed by atoms with Crippen molar-refractivity contribution in [2.75, 3.05) is 12.4 Å². The highest BCUT2D eigenvalue weighted by Gasteiger charge is 1.99. The van der Waals surface area contributed by atoms with Crippen LogP contribution in [0.1, 0.15) is 6.92 Å². The van der Waals surface area contributed by atoms with Gasteiger partial charge < -0.3 is 5.32 Å². The van der Waals surface area contributed by atoms with E-state index < -0.39 is 10.1 Å². The van der Waals surface area contributed by atoms with Crippen LogP contribution < -0.4 is 5.32 Å². The first-order chi connectivity index (χ1) is 3.56. The normalized spacial score (nSPS) is 11.8. The van der Waals surface area contributed by atoms with Gasteiger partial charge in [-0.2, -0.15) is 8.42 Å². The first-order valence-corrected chi connectivity index (χ1v) is 3.83. The number of rotatable bonds is 3. The van der Waals surface area contributed by atoms with Crippen LogP contribution in [-0.4, -0.2) is 25.4 Å². The Morgan fingerprint density at radius 2 is 2.12 bits per heavy atom. The molecule has 4 nitrogen and oxygen atoms in total. The van der Waals surface area contributed by atoms with Crippen molar-refractivity contribution >= 4 is 10.1 Å². The molecule has 0 fully saturated rings. The van der Waals surface area contributed by atoms with Crippen molar-refractivity contribution in [1.82, 2.24) is 5.32 Å². The number of hydrogen-bond acceptors (Lipinski definition) is 3. The van der Waals surface area contributed by atoms with E-state index in [0.29, 0.717) is 6.54 Å². The predicted molar refractivity (Wildman–Crippen MR) is 30.1 cm³/mol. The Morgan fingerprint density at radius 3 is 2.25 bits per heavy atom. The summed E-state index contributed by atoms with van der Waals surface area (Å²) in [6.07, 6.45) is 0. The Hall–Kier alpha value is -0.130. The maximum atomic E-state index is 9.88. The van der Waals surface area contributed by atoms with Gasteiger partial charge in [0.2, 0.25) is 0 Å². The van der Waals surface area contributed by atoms with Gasteiger partial charge in [0.15, 0.2) is 0 Å². The lowest BCUT2D eigenvalue weighted by Gasteiger charge is -1.93. The minimum absolute atomic E-state index is 0.358. The molecule has 0 unspecified atom stereocenters. The Morgan fingerprint density at radius 1 is 1.62 bits per heavy atom. The van der Waals surface area contributed by atoms with Crippen LogP contribution in [-0.2, 0) is 10.1 Å². The van der Waals surface area contributed by atoms with E-state index in [1.807, 2.05) is 0 Å². The summed E-state index contributed by atoms with van der Waals surface area (Å²) in [5.74, 6) is -0.358. The van der Waals surface area contributed by atoms with Gasteiger partial charge in [0.05, 0.1) is 0 Å². The van der Waals surface area contributed by atoms with Crippen molar-refractivity contribution in [3.63, 3.8) is 0 Å². The third-order valence-electron chi connectivity index (χ3n) is 0.534. The zero-order valence-corrected chi connectivity index (χ0v) is 5.40. The first-order valence-electron chi connectivity index (χ1n) is 2.22. The molecule has 0 aromatic carbocycles. The van der Waals surface area contributed by atoms with Crippen molar-refractivity contribution in [2.45, 2.75) is 6.92 Å². The van der Waals surface area contributed by atoms with E-state index in [1.54, 1.807) is 6.92 Å². The van der Waals surface area contributed by atoms with Gasteiger partial charge in [-0.1, -0.05) is 6.92 Å². The van der Waals surface area contributed by atoms with Crippen LogP contribution in [0, 0.1) is 0 Å². The molecule has 0 rings (SSSR count). The minimum Gasteiger partial charge on any atom is -0.302 e. The van der Waals surface area contributed by atoms with Gasteiger partial charge in [-0.15, -0.1) is 0 Å². The fourth-order valence-electron chi connectivity index (χ4n) is 0.231. The molecule has 0 saturated carbocycles. The van der Waals surface area contributed by atoms with Gasteiger partial charge in [0.1, 0.15) is 5.88 Å². The molecule has 5 heteroatoms. The Bertz CT molecular complexity index is 139. The standard InChI is InChI=1S/C3H9NO3S/c1-2-4-3-8(5,6)7/h4H,2-3H2,1H3,(H,5,6,7). The molecule has 0 bridgehead atoms. The molecule has 0 aliphatic rings. The molecule has 0 aliphatic heterocycles. The monoisotopic (exact) mass is 139 g/mol. The van der Waals surface area contributed by atoms with Crippen molar-refractivity contribution < 1.29 is 13.0 Å². The topological polar surface area (TPSA) is 66.4 Å². The van der Waals surface area contributed by atoms with E-state index in [9.17, 15) is 8.42 Å². The summed E-state index contributed by atoms with van der Waals surface area (Å²) < 4.78 is 27.8. The second-order valence-electron chi connectivity index (χ2n) is 1.33. The van der Waals surface area contributed by atoms with Crippen molar-refractivity contribution in [1.29, 1.82) is 0 Å². The molecule has 0 atom stereocenters. The van der Waals surface area contributed by atoms with Gasteiger partial charge in [0.25, 0.3) is 10.1 Å². The lowest BCUT2D eigenvalue weighted by atomic mass is 10.8. The van der Waals surface area contributed by atoms with E-state index in [1.165, 1.54) is 0 Å². The molecule has 8 heavy (non-hydrogen) atoms. The largest absolute Gasteiger partial charge is 0.302 e. The second-order valence-corrected chi connectivity index (χ2v) is 2.78. The highest BCUT2D eigenvalue weighted by Crippen LogP contribution is 1.73. The van der Waals surface area contributed by atoms with Gasteiger partial charge in [-0.05, 0) is 6.54 Å². The molecule has 0 radical (unpaired) electrons. The molecule has 2 N–H and O–H groups in total. The molecule has 0 spiro atoms. The predicted octanol–water partition coefficient (Wildman–Crippen LogP) is -0.559. The van der Waals surface area contributed by atoms with Crippen LogP contribution in [0.3, 0.4) is 0 Å². The SMILES string of the molecule is CCNCS(=O)(=O)O. The molecular weight excluding hydrogens is 130 g/mol. The summed E-state index contributed by atoms with van der Waals surface area (Å²) in [6, 6.07) is 0. The third kappa shape index (κ3) is 5.87. The highest BCUT2D eigenvalue weighted by atomic mass is 32.2. The van der Waals surface area contributed by atoms with Crippen LogP contribution in [0.2, 0.25) is 0 Å². The fourth-order valence-corrected chi connectivity index (χ4v) is 0.693. The number of nitrogens with one attached hydrogen (secondary N) is 1. The zero-order valence-electron chi connectivity index (χ0n) is 4.59. The van der Waals surface area contributed by atoms with Gasteiger partial charge >= 0.3 is 0 Å². The average Bonchev–Trinajstić information content (AvgIpc) is 1.59. The molecule has 0 heterocycles. The van der Waals surface area contributed by atoms with E-state index in [4.69, 9.17) is 4.55 Å².